The Balaban J connectivity index is 2.86. The first-order valence-corrected chi connectivity index (χ1v) is 5.27. The van der Waals surface area contributed by atoms with Gasteiger partial charge in [0.2, 0.25) is 0 Å². The second-order valence-corrected chi connectivity index (χ2v) is 3.28. The summed E-state index contributed by atoms with van der Waals surface area (Å²) in [5.74, 6) is -1.03. The van der Waals surface area contributed by atoms with Crippen molar-refractivity contribution in [3.63, 3.8) is 0 Å². The maximum atomic E-state index is 11.2. The molecule has 0 radical (unpaired) electrons. The number of rotatable bonds is 4. The van der Waals surface area contributed by atoms with E-state index in [0.29, 0.717) is 17.9 Å². The Hall–Kier alpha value is -2.37. The van der Waals surface area contributed by atoms with Crippen molar-refractivity contribution in [3.05, 3.63) is 29.6 Å². The topological polar surface area (TPSA) is 91.5 Å². The largest absolute Gasteiger partial charge is 0.464 e. The molecule has 0 aliphatic heterocycles. The van der Waals surface area contributed by atoms with Crippen molar-refractivity contribution in [1.29, 1.82) is 0 Å². The Bertz CT molecular complexity index is 483. The minimum absolute atomic E-state index is 0.114. The van der Waals surface area contributed by atoms with Crippen molar-refractivity contribution in [2.75, 3.05) is 19.5 Å². The smallest absolute Gasteiger partial charge is 0.356 e. The van der Waals surface area contributed by atoms with Crippen molar-refractivity contribution in [3.8, 4) is 0 Å². The van der Waals surface area contributed by atoms with E-state index in [-0.39, 0.29) is 5.69 Å². The number of carbonyl (C=O) groups is 2. The first-order valence-electron chi connectivity index (χ1n) is 5.27. The molecule has 1 heterocycles. The van der Waals surface area contributed by atoms with Crippen LogP contribution in [-0.4, -0.2) is 30.6 Å². The third-order valence-corrected chi connectivity index (χ3v) is 2.05. The molecule has 0 fully saturated rings. The summed E-state index contributed by atoms with van der Waals surface area (Å²) in [6, 6.07) is 1.39. The molecule has 6 heteroatoms. The minimum atomic E-state index is -0.567. The van der Waals surface area contributed by atoms with Crippen LogP contribution in [0.1, 0.15) is 23.0 Å². The van der Waals surface area contributed by atoms with Crippen LogP contribution in [-0.2, 0) is 14.3 Å². The molecule has 1 rings (SSSR count). The summed E-state index contributed by atoms with van der Waals surface area (Å²) in [5, 5.41) is 0. The average molecular weight is 250 g/mol. The Morgan fingerprint density at radius 2 is 2.22 bits per heavy atom. The fraction of sp³-hybridized carbons (Fsp3) is 0.250. The van der Waals surface area contributed by atoms with Gasteiger partial charge in [-0.05, 0) is 19.1 Å². The lowest BCUT2D eigenvalue weighted by Gasteiger charge is -2.03. The van der Waals surface area contributed by atoms with Crippen molar-refractivity contribution in [2.45, 2.75) is 6.92 Å². The Kier molecular flexibility index (Phi) is 4.86. The van der Waals surface area contributed by atoms with Gasteiger partial charge < -0.3 is 15.2 Å². The normalized spacial score (nSPS) is 10.3. The number of esters is 2. The van der Waals surface area contributed by atoms with Crippen LogP contribution in [0.3, 0.4) is 0 Å². The number of hydrogen-bond acceptors (Lipinski definition) is 6. The summed E-state index contributed by atoms with van der Waals surface area (Å²) in [6.45, 7) is 2.02. The molecule has 0 saturated carbocycles. The number of ether oxygens (including phenoxy) is 2. The van der Waals surface area contributed by atoms with Gasteiger partial charge in [-0.25, -0.2) is 14.6 Å². The first kappa shape index (κ1) is 13.7. The van der Waals surface area contributed by atoms with Crippen molar-refractivity contribution >= 4 is 23.7 Å². The van der Waals surface area contributed by atoms with E-state index in [1.165, 1.54) is 31.5 Å². The fourth-order valence-electron chi connectivity index (χ4n) is 1.19. The summed E-state index contributed by atoms with van der Waals surface area (Å²) in [4.78, 5) is 26.2. The predicted molar refractivity (Wildman–Crippen MR) is 65.7 cm³/mol. The lowest BCUT2D eigenvalue weighted by atomic mass is 10.2. The van der Waals surface area contributed by atoms with Gasteiger partial charge in [0.05, 0.1) is 13.7 Å². The molecule has 0 atom stereocenters. The molecule has 0 unspecified atom stereocenters. The van der Waals surface area contributed by atoms with Crippen LogP contribution in [0.5, 0.6) is 0 Å². The maximum Gasteiger partial charge on any atom is 0.356 e. The highest BCUT2D eigenvalue weighted by Gasteiger charge is 2.08. The second kappa shape index (κ2) is 6.39. The van der Waals surface area contributed by atoms with E-state index in [4.69, 9.17) is 10.5 Å². The van der Waals surface area contributed by atoms with Crippen molar-refractivity contribution < 1.29 is 19.1 Å². The zero-order valence-corrected chi connectivity index (χ0v) is 10.2. The molecule has 1 aromatic rings. The summed E-state index contributed by atoms with van der Waals surface area (Å²) < 4.78 is 9.23. The van der Waals surface area contributed by atoms with Crippen molar-refractivity contribution in [2.24, 2.45) is 0 Å². The maximum absolute atomic E-state index is 11.2. The molecular formula is C12H14N2O4. The van der Waals surface area contributed by atoms with Gasteiger partial charge in [0, 0.05) is 23.5 Å². The molecule has 6 nitrogen and oxygen atoms in total. The number of nitrogens with zero attached hydrogens (tertiary/aromatic N) is 1. The lowest BCUT2D eigenvalue weighted by Crippen LogP contribution is -2.06. The van der Waals surface area contributed by atoms with E-state index < -0.39 is 11.9 Å². The molecule has 0 aliphatic rings. The van der Waals surface area contributed by atoms with Crippen LogP contribution >= 0.6 is 0 Å². The van der Waals surface area contributed by atoms with Crippen LogP contribution in [0.4, 0.5) is 5.69 Å². The van der Waals surface area contributed by atoms with Gasteiger partial charge in [0.25, 0.3) is 0 Å². The Morgan fingerprint density at radius 1 is 1.50 bits per heavy atom. The molecule has 1 aromatic heterocycles. The number of carbonyl (C=O) groups excluding carboxylic acids is 2. The predicted octanol–water partition coefficient (Wildman–Crippen LogP) is 1.03. The fourth-order valence-corrected chi connectivity index (χ4v) is 1.19. The SMILES string of the molecule is CCOC(=O)/C=C/c1cnc(C(=O)OC)cc1N. The molecule has 18 heavy (non-hydrogen) atoms. The summed E-state index contributed by atoms with van der Waals surface area (Å²) in [7, 11) is 1.26. The number of methoxy groups -OCH3 is 1. The highest BCUT2D eigenvalue weighted by Crippen LogP contribution is 2.14. The molecule has 0 amide bonds. The molecular weight excluding hydrogens is 236 g/mol. The van der Waals surface area contributed by atoms with E-state index in [1.807, 2.05) is 0 Å². The molecule has 0 bridgehead atoms. The standard InChI is InChI=1S/C12H14N2O4/c1-3-18-11(15)5-4-8-7-14-10(6-9(8)13)12(16)17-2/h4-7H,3H2,1-2H3,(H2,13,14)/b5-4+. The molecule has 0 saturated heterocycles. The Morgan fingerprint density at radius 3 is 2.78 bits per heavy atom. The van der Waals surface area contributed by atoms with Crippen molar-refractivity contribution in [1.82, 2.24) is 4.98 Å². The first-order chi connectivity index (χ1) is 8.58. The second-order valence-electron chi connectivity index (χ2n) is 3.28. The van der Waals surface area contributed by atoms with Gasteiger partial charge in [0.15, 0.2) is 0 Å². The highest BCUT2D eigenvalue weighted by atomic mass is 16.5. The van der Waals surface area contributed by atoms with Gasteiger partial charge in [-0.2, -0.15) is 0 Å². The van der Waals surface area contributed by atoms with Gasteiger partial charge >= 0.3 is 11.9 Å². The number of anilines is 1. The van der Waals surface area contributed by atoms with E-state index in [1.54, 1.807) is 6.92 Å². The number of nitrogen functional groups attached to an aromatic ring is 1. The summed E-state index contributed by atoms with van der Waals surface area (Å²) >= 11 is 0. The number of hydrogen-bond donors (Lipinski definition) is 1. The van der Waals surface area contributed by atoms with E-state index >= 15 is 0 Å². The van der Waals surface area contributed by atoms with Gasteiger partial charge in [-0.1, -0.05) is 0 Å². The number of pyridine rings is 1. The number of nitrogens with two attached hydrogens (primary N) is 1. The van der Waals surface area contributed by atoms with E-state index in [0.717, 1.165) is 0 Å². The van der Waals surface area contributed by atoms with E-state index in [9.17, 15) is 9.59 Å². The third-order valence-electron chi connectivity index (χ3n) is 2.05. The van der Waals surface area contributed by atoms with Gasteiger partial charge in [0.1, 0.15) is 5.69 Å². The minimum Gasteiger partial charge on any atom is -0.464 e. The molecule has 0 aliphatic carbocycles. The Labute approximate surface area is 104 Å². The summed E-state index contributed by atoms with van der Waals surface area (Å²) in [5.41, 5.74) is 6.69. The monoisotopic (exact) mass is 250 g/mol. The van der Waals surface area contributed by atoms with Crippen LogP contribution in [0.25, 0.3) is 6.08 Å². The van der Waals surface area contributed by atoms with Crippen LogP contribution in [0.15, 0.2) is 18.3 Å². The van der Waals surface area contributed by atoms with Crippen LogP contribution in [0, 0.1) is 0 Å². The summed E-state index contributed by atoms with van der Waals surface area (Å²) in [6.07, 6.45) is 4.10. The molecule has 96 valence electrons. The van der Waals surface area contributed by atoms with Gasteiger partial charge in [-0.3, -0.25) is 0 Å². The van der Waals surface area contributed by atoms with Crippen LogP contribution < -0.4 is 5.73 Å². The average Bonchev–Trinajstić information content (AvgIpc) is 2.36. The molecule has 0 aromatic carbocycles. The zero-order valence-electron chi connectivity index (χ0n) is 10.2. The zero-order chi connectivity index (χ0) is 13.5. The highest BCUT2D eigenvalue weighted by molar-refractivity contribution is 5.90. The quantitative estimate of drug-likeness (QED) is 0.633. The van der Waals surface area contributed by atoms with Crippen LogP contribution in [0.2, 0.25) is 0 Å². The molecule has 0 spiro atoms. The third kappa shape index (κ3) is 3.58. The lowest BCUT2D eigenvalue weighted by molar-refractivity contribution is -0.137. The van der Waals surface area contributed by atoms with Gasteiger partial charge in [-0.15, -0.1) is 0 Å². The van der Waals surface area contributed by atoms with E-state index in [2.05, 4.69) is 9.72 Å². The molecule has 2 N–H and O–H groups in total. The number of aromatic nitrogens is 1.